The standard InChI is InChI=1S/C16H32N2O/c1-3-10-17-12-15(13-19-2)18-11-6-8-14-7-4-5-9-16(14)18/h14-17H,3-13H2,1-2H3/t14-,15?,16-/m1/s1. The minimum absolute atomic E-state index is 0.572. The van der Waals surface area contributed by atoms with Crippen molar-refractivity contribution in [3.63, 3.8) is 0 Å². The predicted octanol–water partition coefficient (Wildman–Crippen LogP) is 2.66. The molecule has 1 heterocycles. The Kier molecular flexibility index (Phi) is 6.62. The van der Waals surface area contributed by atoms with Crippen molar-refractivity contribution in [2.75, 3.05) is 33.4 Å². The molecular formula is C16H32N2O. The van der Waals surface area contributed by atoms with Crippen LogP contribution in [0.2, 0.25) is 0 Å². The maximum absolute atomic E-state index is 5.49. The maximum Gasteiger partial charge on any atom is 0.0630 e. The van der Waals surface area contributed by atoms with Crippen molar-refractivity contribution >= 4 is 0 Å². The molecule has 19 heavy (non-hydrogen) atoms. The zero-order valence-corrected chi connectivity index (χ0v) is 12.9. The third-order valence-corrected chi connectivity index (χ3v) is 4.92. The van der Waals surface area contributed by atoms with Gasteiger partial charge in [0.25, 0.3) is 0 Å². The molecule has 1 saturated carbocycles. The van der Waals surface area contributed by atoms with E-state index in [4.69, 9.17) is 4.74 Å². The lowest BCUT2D eigenvalue weighted by Gasteiger charge is -2.47. The second-order valence-corrected chi connectivity index (χ2v) is 6.31. The first-order valence-corrected chi connectivity index (χ1v) is 8.32. The lowest BCUT2D eigenvalue weighted by Crippen LogP contribution is -2.55. The van der Waals surface area contributed by atoms with Gasteiger partial charge in [0.2, 0.25) is 0 Å². The highest BCUT2D eigenvalue weighted by Crippen LogP contribution is 2.36. The fraction of sp³-hybridized carbons (Fsp3) is 1.00. The van der Waals surface area contributed by atoms with Crippen LogP contribution in [0.4, 0.5) is 0 Å². The summed E-state index contributed by atoms with van der Waals surface area (Å²) in [6, 6.07) is 1.41. The lowest BCUT2D eigenvalue weighted by atomic mass is 9.78. The van der Waals surface area contributed by atoms with Crippen molar-refractivity contribution in [3.05, 3.63) is 0 Å². The molecule has 1 saturated heterocycles. The van der Waals surface area contributed by atoms with Crippen molar-refractivity contribution in [1.82, 2.24) is 10.2 Å². The average Bonchev–Trinajstić information content (AvgIpc) is 2.46. The van der Waals surface area contributed by atoms with Crippen LogP contribution in [0.1, 0.15) is 51.9 Å². The van der Waals surface area contributed by atoms with Crippen molar-refractivity contribution in [2.45, 2.75) is 64.0 Å². The van der Waals surface area contributed by atoms with Crippen LogP contribution >= 0.6 is 0 Å². The molecule has 3 heteroatoms. The minimum Gasteiger partial charge on any atom is -0.383 e. The Morgan fingerprint density at radius 3 is 2.79 bits per heavy atom. The molecule has 0 aromatic heterocycles. The smallest absolute Gasteiger partial charge is 0.0630 e. The van der Waals surface area contributed by atoms with E-state index in [-0.39, 0.29) is 0 Å². The summed E-state index contributed by atoms with van der Waals surface area (Å²) in [7, 11) is 1.84. The van der Waals surface area contributed by atoms with Gasteiger partial charge in [-0.25, -0.2) is 0 Å². The van der Waals surface area contributed by atoms with Crippen LogP contribution < -0.4 is 5.32 Å². The molecule has 3 atom stereocenters. The predicted molar refractivity (Wildman–Crippen MR) is 80.5 cm³/mol. The number of rotatable bonds is 7. The summed E-state index contributed by atoms with van der Waals surface area (Å²) < 4.78 is 5.49. The minimum atomic E-state index is 0.572. The van der Waals surface area contributed by atoms with E-state index in [0.29, 0.717) is 6.04 Å². The van der Waals surface area contributed by atoms with E-state index in [2.05, 4.69) is 17.1 Å². The van der Waals surface area contributed by atoms with Crippen molar-refractivity contribution in [2.24, 2.45) is 5.92 Å². The molecule has 1 unspecified atom stereocenters. The summed E-state index contributed by atoms with van der Waals surface area (Å²) in [5.41, 5.74) is 0. The fourth-order valence-corrected chi connectivity index (χ4v) is 4.03. The van der Waals surface area contributed by atoms with Gasteiger partial charge >= 0.3 is 0 Å². The quantitative estimate of drug-likeness (QED) is 0.718. The third kappa shape index (κ3) is 4.17. The second-order valence-electron chi connectivity index (χ2n) is 6.31. The van der Waals surface area contributed by atoms with E-state index in [1.165, 1.54) is 51.5 Å². The monoisotopic (exact) mass is 268 g/mol. The molecule has 2 fully saturated rings. The summed E-state index contributed by atoms with van der Waals surface area (Å²) in [5.74, 6) is 0.966. The number of methoxy groups -OCH3 is 1. The van der Waals surface area contributed by atoms with Gasteiger partial charge in [0.15, 0.2) is 0 Å². The van der Waals surface area contributed by atoms with Gasteiger partial charge in [0.1, 0.15) is 0 Å². The van der Waals surface area contributed by atoms with E-state index < -0.39 is 0 Å². The third-order valence-electron chi connectivity index (χ3n) is 4.92. The van der Waals surface area contributed by atoms with Crippen molar-refractivity contribution < 1.29 is 4.74 Å². The number of likely N-dealkylation sites (tertiary alicyclic amines) is 1. The molecule has 0 bridgehead atoms. The van der Waals surface area contributed by atoms with E-state index in [1.807, 2.05) is 7.11 Å². The van der Waals surface area contributed by atoms with Gasteiger partial charge in [0, 0.05) is 25.7 Å². The maximum atomic E-state index is 5.49. The van der Waals surface area contributed by atoms with E-state index in [0.717, 1.165) is 31.7 Å². The molecular weight excluding hydrogens is 236 g/mol. The summed E-state index contributed by atoms with van der Waals surface area (Å²) in [6.07, 6.45) is 9.82. The first kappa shape index (κ1) is 15.3. The second kappa shape index (κ2) is 8.23. The summed E-state index contributed by atoms with van der Waals surface area (Å²) in [5, 5.41) is 3.59. The molecule has 1 aliphatic carbocycles. The van der Waals surface area contributed by atoms with Crippen LogP contribution in [0.25, 0.3) is 0 Å². The molecule has 1 N–H and O–H groups in total. The van der Waals surface area contributed by atoms with Gasteiger partial charge in [-0.15, -0.1) is 0 Å². The van der Waals surface area contributed by atoms with Gasteiger partial charge in [0.05, 0.1) is 6.61 Å². The Bertz CT molecular complexity index is 245. The normalized spacial score (nSPS) is 30.0. The van der Waals surface area contributed by atoms with Gasteiger partial charge in [-0.05, 0) is 51.1 Å². The summed E-state index contributed by atoms with van der Waals surface area (Å²) in [4.78, 5) is 2.78. The molecule has 2 rings (SSSR count). The number of piperidine rings is 1. The van der Waals surface area contributed by atoms with Crippen molar-refractivity contribution in [1.29, 1.82) is 0 Å². The molecule has 1 aliphatic heterocycles. The average molecular weight is 268 g/mol. The highest BCUT2D eigenvalue weighted by molar-refractivity contribution is 4.91. The Balaban J connectivity index is 1.93. The highest BCUT2D eigenvalue weighted by atomic mass is 16.5. The molecule has 0 amide bonds. The SMILES string of the molecule is CCCNCC(COC)N1CCC[C@H]2CCCC[C@H]21. The van der Waals surface area contributed by atoms with E-state index in [9.17, 15) is 0 Å². The summed E-state index contributed by atoms with van der Waals surface area (Å²) in [6.45, 7) is 6.60. The van der Waals surface area contributed by atoms with Crippen LogP contribution in [-0.2, 0) is 4.74 Å². The van der Waals surface area contributed by atoms with Crippen LogP contribution in [0.15, 0.2) is 0 Å². The molecule has 2 aliphatic rings. The topological polar surface area (TPSA) is 24.5 Å². The number of fused-ring (bicyclic) bond motifs is 1. The van der Waals surface area contributed by atoms with Crippen LogP contribution in [0.3, 0.4) is 0 Å². The van der Waals surface area contributed by atoms with Crippen LogP contribution in [-0.4, -0.2) is 50.3 Å². The molecule has 3 nitrogen and oxygen atoms in total. The number of nitrogens with zero attached hydrogens (tertiary/aromatic N) is 1. The van der Waals surface area contributed by atoms with Crippen LogP contribution in [0, 0.1) is 5.92 Å². The Morgan fingerprint density at radius 2 is 2.00 bits per heavy atom. The molecule has 0 aromatic carbocycles. The number of hydrogen-bond donors (Lipinski definition) is 1. The van der Waals surface area contributed by atoms with Gasteiger partial charge < -0.3 is 10.1 Å². The van der Waals surface area contributed by atoms with Crippen LogP contribution in [0.5, 0.6) is 0 Å². The number of nitrogens with one attached hydrogen (secondary N) is 1. The zero-order valence-electron chi connectivity index (χ0n) is 12.9. The number of ether oxygens (including phenoxy) is 1. The first-order valence-electron chi connectivity index (χ1n) is 8.32. The Morgan fingerprint density at radius 1 is 1.21 bits per heavy atom. The fourth-order valence-electron chi connectivity index (χ4n) is 4.03. The van der Waals surface area contributed by atoms with Gasteiger partial charge in [-0.3, -0.25) is 4.90 Å². The van der Waals surface area contributed by atoms with E-state index >= 15 is 0 Å². The number of hydrogen-bond acceptors (Lipinski definition) is 3. The van der Waals surface area contributed by atoms with Gasteiger partial charge in [-0.1, -0.05) is 19.8 Å². The Labute approximate surface area is 119 Å². The highest BCUT2D eigenvalue weighted by Gasteiger charge is 2.36. The lowest BCUT2D eigenvalue weighted by molar-refractivity contribution is -0.00294. The molecule has 0 aromatic rings. The first-order chi connectivity index (χ1) is 9.36. The van der Waals surface area contributed by atoms with Gasteiger partial charge in [-0.2, -0.15) is 0 Å². The molecule has 0 radical (unpaired) electrons. The molecule has 0 spiro atoms. The van der Waals surface area contributed by atoms with E-state index in [1.54, 1.807) is 0 Å². The zero-order chi connectivity index (χ0) is 13.5. The molecule has 112 valence electrons. The largest absolute Gasteiger partial charge is 0.383 e. The van der Waals surface area contributed by atoms with Crippen molar-refractivity contribution in [3.8, 4) is 0 Å². The Hall–Kier alpha value is -0.120. The summed E-state index contributed by atoms with van der Waals surface area (Å²) >= 11 is 0.